The van der Waals surface area contributed by atoms with Crippen molar-refractivity contribution in [1.82, 2.24) is 4.90 Å². The monoisotopic (exact) mass is 381 g/mol. The zero-order chi connectivity index (χ0) is 17.8. The van der Waals surface area contributed by atoms with E-state index in [1.165, 1.54) is 22.7 Å². The molecule has 0 fully saturated rings. The molecule has 25 heavy (non-hydrogen) atoms. The molecular weight excluding hydrogens is 365 g/mol. The maximum absolute atomic E-state index is 13.8. The number of benzene rings is 2. The maximum atomic E-state index is 13.8. The lowest BCUT2D eigenvalue weighted by molar-refractivity contribution is -0.127. The summed E-state index contributed by atoms with van der Waals surface area (Å²) >= 11 is 7.40. The summed E-state index contributed by atoms with van der Waals surface area (Å²) in [6, 6.07) is 10.1. The molecule has 0 radical (unpaired) electrons. The van der Waals surface area contributed by atoms with Crippen LogP contribution in [0.5, 0.6) is 11.5 Å². The van der Waals surface area contributed by atoms with E-state index >= 15 is 0 Å². The molecule has 0 aliphatic carbocycles. The molecule has 0 unspecified atom stereocenters. The molecule has 0 N–H and O–H groups in total. The minimum Gasteiger partial charge on any atom is -0.486 e. The normalized spacial score (nSPS) is 12.8. The number of amides is 1. The molecule has 2 aromatic rings. The SMILES string of the molecule is CN(Cc1c(F)cccc1Cl)C(=O)CSc1ccc2c(c1)OCCO2. The van der Waals surface area contributed by atoms with Crippen LogP contribution >= 0.6 is 23.4 Å². The first-order valence-corrected chi connectivity index (χ1v) is 9.10. The van der Waals surface area contributed by atoms with Gasteiger partial charge < -0.3 is 14.4 Å². The lowest BCUT2D eigenvalue weighted by Gasteiger charge is -2.20. The second kappa shape index (κ2) is 7.97. The molecule has 7 heteroatoms. The highest BCUT2D eigenvalue weighted by Gasteiger charge is 2.16. The first kappa shape index (κ1) is 17.9. The van der Waals surface area contributed by atoms with E-state index < -0.39 is 5.82 Å². The molecule has 0 saturated carbocycles. The highest BCUT2D eigenvalue weighted by molar-refractivity contribution is 8.00. The van der Waals surface area contributed by atoms with E-state index in [-0.39, 0.29) is 18.2 Å². The van der Waals surface area contributed by atoms with Gasteiger partial charge in [0.05, 0.1) is 5.75 Å². The van der Waals surface area contributed by atoms with E-state index in [0.29, 0.717) is 35.3 Å². The summed E-state index contributed by atoms with van der Waals surface area (Å²) in [5, 5.41) is 0.319. The van der Waals surface area contributed by atoms with Crippen LogP contribution in [0.25, 0.3) is 0 Å². The van der Waals surface area contributed by atoms with Gasteiger partial charge in [0, 0.05) is 29.1 Å². The predicted octanol–water partition coefficient (Wildman–Crippen LogP) is 4.00. The Morgan fingerprint density at radius 1 is 1.24 bits per heavy atom. The zero-order valence-corrected chi connectivity index (χ0v) is 15.2. The molecule has 0 atom stereocenters. The molecular formula is C18H17ClFNO3S. The van der Waals surface area contributed by atoms with Crippen LogP contribution in [0, 0.1) is 5.82 Å². The van der Waals surface area contributed by atoms with Gasteiger partial charge in [-0.05, 0) is 30.3 Å². The second-order valence-electron chi connectivity index (χ2n) is 5.54. The summed E-state index contributed by atoms with van der Waals surface area (Å²) in [6.45, 7) is 1.19. The van der Waals surface area contributed by atoms with Gasteiger partial charge in [0.25, 0.3) is 0 Å². The summed E-state index contributed by atoms with van der Waals surface area (Å²) in [5.74, 6) is 1.12. The average Bonchev–Trinajstić information content (AvgIpc) is 2.62. The molecule has 4 nitrogen and oxygen atoms in total. The Labute approximate surface area is 154 Å². The highest BCUT2D eigenvalue weighted by atomic mass is 35.5. The fourth-order valence-electron chi connectivity index (χ4n) is 2.38. The van der Waals surface area contributed by atoms with Gasteiger partial charge in [-0.15, -0.1) is 11.8 Å². The highest BCUT2D eigenvalue weighted by Crippen LogP contribution is 2.34. The Morgan fingerprint density at radius 2 is 2.00 bits per heavy atom. The Bertz CT molecular complexity index is 767. The predicted molar refractivity (Wildman–Crippen MR) is 96.0 cm³/mol. The molecule has 1 aliphatic rings. The lowest BCUT2D eigenvalue weighted by Crippen LogP contribution is -2.28. The van der Waals surface area contributed by atoms with Crippen LogP contribution in [0.2, 0.25) is 5.02 Å². The fraction of sp³-hybridized carbons (Fsp3) is 0.278. The number of thioether (sulfide) groups is 1. The fourth-order valence-corrected chi connectivity index (χ4v) is 3.47. The quantitative estimate of drug-likeness (QED) is 0.734. The van der Waals surface area contributed by atoms with Gasteiger partial charge in [-0.25, -0.2) is 4.39 Å². The average molecular weight is 382 g/mol. The van der Waals surface area contributed by atoms with Gasteiger partial charge in [-0.2, -0.15) is 0 Å². The third kappa shape index (κ3) is 4.38. The van der Waals surface area contributed by atoms with Crippen LogP contribution in [0.15, 0.2) is 41.3 Å². The van der Waals surface area contributed by atoms with E-state index in [9.17, 15) is 9.18 Å². The summed E-state index contributed by atoms with van der Waals surface area (Å²) in [6.07, 6.45) is 0. The number of hydrogen-bond acceptors (Lipinski definition) is 4. The van der Waals surface area contributed by atoms with E-state index in [0.717, 1.165) is 4.90 Å². The molecule has 1 amide bonds. The van der Waals surface area contributed by atoms with Crippen LogP contribution in [0.3, 0.4) is 0 Å². The number of halogens is 2. The number of rotatable bonds is 5. The Morgan fingerprint density at radius 3 is 2.76 bits per heavy atom. The number of carbonyl (C=O) groups excluding carboxylic acids is 1. The van der Waals surface area contributed by atoms with E-state index in [1.54, 1.807) is 19.2 Å². The number of nitrogens with zero attached hydrogens (tertiary/aromatic N) is 1. The molecule has 132 valence electrons. The summed E-state index contributed by atoms with van der Waals surface area (Å²) in [5.41, 5.74) is 0.323. The lowest BCUT2D eigenvalue weighted by atomic mass is 10.2. The Balaban J connectivity index is 1.58. The number of carbonyl (C=O) groups is 1. The Hall–Kier alpha value is -1.92. The minimum absolute atomic E-state index is 0.112. The zero-order valence-electron chi connectivity index (χ0n) is 13.6. The summed E-state index contributed by atoms with van der Waals surface area (Å²) < 4.78 is 24.8. The van der Waals surface area contributed by atoms with Gasteiger partial charge in [0.15, 0.2) is 11.5 Å². The van der Waals surface area contributed by atoms with Crippen molar-refractivity contribution >= 4 is 29.3 Å². The van der Waals surface area contributed by atoms with Gasteiger partial charge in [0.2, 0.25) is 5.91 Å². The van der Waals surface area contributed by atoms with Crippen LogP contribution < -0.4 is 9.47 Å². The van der Waals surface area contributed by atoms with Crippen LogP contribution in [0.4, 0.5) is 4.39 Å². The largest absolute Gasteiger partial charge is 0.486 e. The van der Waals surface area contributed by atoms with Crippen LogP contribution in [-0.4, -0.2) is 36.8 Å². The standard InChI is InChI=1S/C18H17ClFNO3S/c1-21(10-13-14(19)3-2-4-15(13)20)18(22)11-25-12-5-6-16-17(9-12)24-8-7-23-16/h2-6,9H,7-8,10-11H2,1H3. The molecule has 0 bridgehead atoms. The van der Waals surface area contributed by atoms with Gasteiger partial charge in [-0.1, -0.05) is 17.7 Å². The van der Waals surface area contributed by atoms with Crippen molar-refractivity contribution in [1.29, 1.82) is 0 Å². The minimum atomic E-state index is -0.411. The van der Waals surface area contributed by atoms with Crippen molar-refractivity contribution in [3.8, 4) is 11.5 Å². The van der Waals surface area contributed by atoms with Crippen molar-refractivity contribution in [2.75, 3.05) is 26.0 Å². The molecule has 3 rings (SSSR count). The van der Waals surface area contributed by atoms with Crippen LogP contribution in [-0.2, 0) is 11.3 Å². The third-order valence-corrected chi connectivity index (χ3v) is 5.09. The molecule has 1 aliphatic heterocycles. The first-order chi connectivity index (χ1) is 12.0. The molecule has 1 heterocycles. The molecule has 0 aromatic heterocycles. The van der Waals surface area contributed by atoms with Gasteiger partial charge in [0.1, 0.15) is 19.0 Å². The van der Waals surface area contributed by atoms with E-state index in [2.05, 4.69) is 0 Å². The van der Waals surface area contributed by atoms with Crippen molar-refractivity contribution in [2.24, 2.45) is 0 Å². The molecule has 0 saturated heterocycles. The van der Waals surface area contributed by atoms with Crippen molar-refractivity contribution < 1.29 is 18.7 Å². The first-order valence-electron chi connectivity index (χ1n) is 7.74. The van der Waals surface area contributed by atoms with Crippen molar-refractivity contribution in [3.05, 3.63) is 52.8 Å². The maximum Gasteiger partial charge on any atom is 0.232 e. The van der Waals surface area contributed by atoms with E-state index in [1.807, 2.05) is 18.2 Å². The second-order valence-corrected chi connectivity index (χ2v) is 7.00. The smallest absolute Gasteiger partial charge is 0.232 e. The molecule has 0 spiro atoms. The summed E-state index contributed by atoms with van der Waals surface area (Å²) in [4.78, 5) is 14.7. The van der Waals surface area contributed by atoms with Crippen LogP contribution in [0.1, 0.15) is 5.56 Å². The van der Waals surface area contributed by atoms with Gasteiger partial charge in [-0.3, -0.25) is 4.79 Å². The number of hydrogen-bond donors (Lipinski definition) is 0. The topological polar surface area (TPSA) is 38.8 Å². The van der Waals surface area contributed by atoms with Gasteiger partial charge >= 0.3 is 0 Å². The summed E-state index contributed by atoms with van der Waals surface area (Å²) in [7, 11) is 1.63. The number of fused-ring (bicyclic) bond motifs is 1. The molecule has 2 aromatic carbocycles. The number of ether oxygens (including phenoxy) is 2. The Kier molecular flexibility index (Phi) is 5.71. The third-order valence-electron chi connectivity index (χ3n) is 3.76. The van der Waals surface area contributed by atoms with Crippen molar-refractivity contribution in [2.45, 2.75) is 11.4 Å². The van der Waals surface area contributed by atoms with Crippen molar-refractivity contribution in [3.63, 3.8) is 0 Å². The van der Waals surface area contributed by atoms with E-state index in [4.69, 9.17) is 21.1 Å².